The summed E-state index contributed by atoms with van der Waals surface area (Å²) in [5.41, 5.74) is 2.87. The molecule has 2 aromatic rings. The number of piperidine rings is 1. The number of para-hydroxylation sites is 1. The van der Waals surface area contributed by atoms with E-state index in [0.717, 1.165) is 37.9 Å². The Bertz CT molecular complexity index is 1040. The van der Waals surface area contributed by atoms with E-state index in [2.05, 4.69) is 6.92 Å². The Kier molecular flexibility index (Phi) is 5.45. The van der Waals surface area contributed by atoms with Gasteiger partial charge >= 0.3 is 0 Å². The molecule has 1 atom stereocenters. The molecule has 3 amide bonds. The average Bonchev–Trinajstić information content (AvgIpc) is 3.30. The Hall–Kier alpha value is -3.15. The molecule has 0 N–H and O–H groups in total. The normalized spacial score (nSPS) is 21.4. The molecule has 0 saturated carbocycles. The fourth-order valence-electron chi connectivity index (χ4n) is 5.10. The molecule has 0 radical (unpaired) electrons. The van der Waals surface area contributed by atoms with Crippen molar-refractivity contribution in [2.45, 2.75) is 45.2 Å². The second kappa shape index (κ2) is 8.41. The average molecular weight is 432 g/mol. The van der Waals surface area contributed by atoms with Crippen molar-refractivity contribution in [1.29, 1.82) is 0 Å². The Labute approximate surface area is 188 Å². The summed E-state index contributed by atoms with van der Waals surface area (Å²) >= 11 is 0. The van der Waals surface area contributed by atoms with Crippen LogP contribution >= 0.6 is 0 Å². The van der Waals surface area contributed by atoms with Crippen LogP contribution in [0.4, 0.5) is 5.69 Å². The summed E-state index contributed by atoms with van der Waals surface area (Å²) in [6, 6.07) is 14.5. The van der Waals surface area contributed by atoms with Crippen molar-refractivity contribution in [1.82, 2.24) is 9.80 Å². The number of hydrogen-bond acceptors (Lipinski definition) is 3. The van der Waals surface area contributed by atoms with Gasteiger partial charge in [-0.1, -0.05) is 31.2 Å². The van der Waals surface area contributed by atoms with Gasteiger partial charge in [0.2, 0.25) is 5.91 Å². The van der Waals surface area contributed by atoms with Gasteiger partial charge in [-0.05, 0) is 61.4 Å². The largest absolute Gasteiger partial charge is 0.339 e. The van der Waals surface area contributed by atoms with Gasteiger partial charge in [0, 0.05) is 25.2 Å². The summed E-state index contributed by atoms with van der Waals surface area (Å²) < 4.78 is 0. The first kappa shape index (κ1) is 20.7. The minimum absolute atomic E-state index is 0.0246. The van der Waals surface area contributed by atoms with E-state index in [1.807, 2.05) is 47.4 Å². The number of rotatable bonds is 3. The number of hydrogen-bond donors (Lipinski definition) is 0. The van der Waals surface area contributed by atoms with Crippen LogP contribution in [0.15, 0.2) is 48.5 Å². The van der Waals surface area contributed by atoms with E-state index in [4.69, 9.17) is 0 Å². The molecular formula is C26H29N3O3. The van der Waals surface area contributed by atoms with Gasteiger partial charge < -0.3 is 14.7 Å². The molecule has 6 heteroatoms. The lowest BCUT2D eigenvalue weighted by Gasteiger charge is -2.30. The predicted octanol–water partition coefficient (Wildman–Crippen LogP) is 3.71. The Morgan fingerprint density at radius 2 is 1.66 bits per heavy atom. The van der Waals surface area contributed by atoms with Crippen LogP contribution in [0, 0.1) is 5.92 Å². The number of nitrogens with zero attached hydrogens (tertiary/aromatic N) is 3. The van der Waals surface area contributed by atoms with Crippen molar-refractivity contribution in [3.8, 4) is 0 Å². The van der Waals surface area contributed by atoms with Gasteiger partial charge in [0.05, 0.1) is 17.8 Å². The molecule has 2 aromatic carbocycles. The highest BCUT2D eigenvalue weighted by molar-refractivity contribution is 6.11. The van der Waals surface area contributed by atoms with E-state index in [1.54, 1.807) is 15.9 Å². The lowest BCUT2D eigenvalue weighted by molar-refractivity contribution is -0.122. The molecule has 0 aliphatic carbocycles. The number of benzene rings is 2. The van der Waals surface area contributed by atoms with Crippen LogP contribution in [0.3, 0.4) is 0 Å². The van der Waals surface area contributed by atoms with Crippen molar-refractivity contribution in [3.05, 3.63) is 65.2 Å². The summed E-state index contributed by atoms with van der Waals surface area (Å²) in [6.07, 6.45) is 3.66. The zero-order valence-corrected chi connectivity index (χ0v) is 18.5. The van der Waals surface area contributed by atoms with E-state index >= 15 is 0 Å². The fraction of sp³-hybridized carbons (Fsp3) is 0.423. The monoisotopic (exact) mass is 431 g/mol. The predicted molar refractivity (Wildman–Crippen MR) is 122 cm³/mol. The van der Waals surface area contributed by atoms with Crippen LogP contribution in [-0.4, -0.2) is 53.2 Å². The van der Waals surface area contributed by atoms with Crippen LogP contribution in [-0.2, 0) is 11.3 Å². The second-order valence-electron chi connectivity index (χ2n) is 9.27. The molecule has 3 aliphatic rings. The van der Waals surface area contributed by atoms with Gasteiger partial charge in [-0.25, -0.2) is 0 Å². The lowest BCUT2D eigenvalue weighted by Crippen LogP contribution is -2.44. The summed E-state index contributed by atoms with van der Waals surface area (Å²) in [4.78, 5) is 44.7. The highest BCUT2D eigenvalue weighted by Crippen LogP contribution is 2.33. The van der Waals surface area contributed by atoms with Crippen molar-refractivity contribution in [2.75, 3.05) is 24.5 Å². The minimum atomic E-state index is -0.391. The van der Waals surface area contributed by atoms with Crippen molar-refractivity contribution in [2.24, 2.45) is 5.92 Å². The minimum Gasteiger partial charge on any atom is -0.339 e. The van der Waals surface area contributed by atoms with Crippen LogP contribution in [0.1, 0.15) is 58.9 Å². The van der Waals surface area contributed by atoms with Gasteiger partial charge in [0.15, 0.2) is 0 Å². The van der Waals surface area contributed by atoms with E-state index in [9.17, 15) is 14.4 Å². The first-order valence-corrected chi connectivity index (χ1v) is 11.6. The van der Waals surface area contributed by atoms with Crippen LogP contribution < -0.4 is 4.90 Å². The molecule has 3 heterocycles. The molecule has 0 bridgehead atoms. The van der Waals surface area contributed by atoms with Crippen LogP contribution in [0.2, 0.25) is 0 Å². The SMILES string of the molecule is CC1CCN(C(=O)c2ccc(CN3C(=O)[C@H]4CCCN4C(=O)c4ccccc43)cc2)CC1. The zero-order chi connectivity index (χ0) is 22.2. The number of carbonyl (C=O) groups excluding carboxylic acids is 3. The summed E-state index contributed by atoms with van der Waals surface area (Å²) in [5.74, 6) is 0.670. The molecule has 2 fully saturated rings. The summed E-state index contributed by atoms with van der Waals surface area (Å²) in [5, 5.41) is 0. The van der Waals surface area contributed by atoms with E-state index in [1.165, 1.54) is 0 Å². The molecular weight excluding hydrogens is 402 g/mol. The third kappa shape index (κ3) is 3.68. The maximum Gasteiger partial charge on any atom is 0.256 e. The van der Waals surface area contributed by atoms with Crippen molar-refractivity contribution >= 4 is 23.4 Å². The maximum atomic E-state index is 13.4. The van der Waals surface area contributed by atoms with Gasteiger partial charge in [-0.3, -0.25) is 14.4 Å². The molecule has 6 nitrogen and oxygen atoms in total. The highest BCUT2D eigenvalue weighted by atomic mass is 16.2. The molecule has 0 spiro atoms. The second-order valence-corrected chi connectivity index (χ2v) is 9.27. The van der Waals surface area contributed by atoms with Crippen LogP contribution in [0.5, 0.6) is 0 Å². The Morgan fingerprint density at radius 3 is 2.41 bits per heavy atom. The van der Waals surface area contributed by atoms with Crippen molar-refractivity contribution in [3.63, 3.8) is 0 Å². The first-order chi connectivity index (χ1) is 15.5. The molecule has 166 valence electrons. The molecule has 0 unspecified atom stereocenters. The smallest absolute Gasteiger partial charge is 0.256 e. The topological polar surface area (TPSA) is 60.9 Å². The van der Waals surface area contributed by atoms with Gasteiger partial charge in [0.1, 0.15) is 6.04 Å². The maximum absolute atomic E-state index is 13.4. The number of carbonyl (C=O) groups is 3. The first-order valence-electron chi connectivity index (χ1n) is 11.6. The number of amides is 3. The third-order valence-corrected chi connectivity index (χ3v) is 7.10. The zero-order valence-electron chi connectivity index (χ0n) is 18.5. The summed E-state index contributed by atoms with van der Waals surface area (Å²) in [6.45, 7) is 4.86. The lowest BCUT2D eigenvalue weighted by atomic mass is 9.98. The van der Waals surface area contributed by atoms with E-state index in [0.29, 0.717) is 42.2 Å². The Balaban J connectivity index is 1.38. The van der Waals surface area contributed by atoms with Gasteiger partial charge in [-0.15, -0.1) is 0 Å². The number of anilines is 1. The molecule has 32 heavy (non-hydrogen) atoms. The van der Waals surface area contributed by atoms with Crippen LogP contribution in [0.25, 0.3) is 0 Å². The fourth-order valence-corrected chi connectivity index (χ4v) is 5.10. The van der Waals surface area contributed by atoms with E-state index in [-0.39, 0.29) is 17.7 Å². The standard InChI is InChI=1S/C26H29N3O3/c1-18-12-15-27(16-13-18)24(30)20-10-8-19(9-11-20)17-29-22-6-3-2-5-21(22)25(31)28-14-4-7-23(28)26(29)32/h2-3,5-6,8-11,18,23H,4,7,12-17H2,1H3/t23-/m1/s1. The van der Waals surface area contributed by atoms with Gasteiger partial charge in [0.25, 0.3) is 11.8 Å². The molecule has 0 aromatic heterocycles. The molecule has 3 aliphatic heterocycles. The molecule has 2 saturated heterocycles. The van der Waals surface area contributed by atoms with E-state index < -0.39 is 6.04 Å². The Morgan fingerprint density at radius 1 is 0.938 bits per heavy atom. The number of likely N-dealkylation sites (tertiary alicyclic amines) is 1. The third-order valence-electron chi connectivity index (χ3n) is 7.10. The number of fused-ring (bicyclic) bond motifs is 2. The highest BCUT2D eigenvalue weighted by Gasteiger charge is 2.41. The van der Waals surface area contributed by atoms with Gasteiger partial charge in [-0.2, -0.15) is 0 Å². The molecule has 5 rings (SSSR count). The van der Waals surface area contributed by atoms with Crippen molar-refractivity contribution < 1.29 is 14.4 Å². The summed E-state index contributed by atoms with van der Waals surface area (Å²) in [7, 11) is 0. The quantitative estimate of drug-likeness (QED) is 0.744.